The molecule has 8 heteroatoms. The van der Waals surface area contributed by atoms with Gasteiger partial charge in [-0.05, 0) is 25.0 Å². The smallest absolute Gasteiger partial charge is 0.420 e. The van der Waals surface area contributed by atoms with Gasteiger partial charge in [0, 0.05) is 13.1 Å². The highest BCUT2D eigenvalue weighted by atomic mass is 32.2. The van der Waals surface area contributed by atoms with E-state index >= 15 is 0 Å². The van der Waals surface area contributed by atoms with Crippen molar-refractivity contribution in [3.8, 4) is 5.75 Å². The molecule has 0 aliphatic carbocycles. The molecular formula is C13H16F3NO3S. The van der Waals surface area contributed by atoms with Gasteiger partial charge in [0.25, 0.3) is 0 Å². The van der Waals surface area contributed by atoms with Crippen LogP contribution in [0.4, 0.5) is 13.2 Å². The molecule has 0 unspecified atom stereocenters. The highest BCUT2D eigenvalue weighted by molar-refractivity contribution is 7.89. The van der Waals surface area contributed by atoms with E-state index in [2.05, 4.69) is 0 Å². The molecule has 0 amide bonds. The van der Waals surface area contributed by atoms with Crippen molar-refractivity contribution in [1.29, 1.82) is 0 Å². The lowest BCUT2D eigenvalue weighted by Crippen LogP contribution is -2.30. The third-order valence-corrected chi connectivity index (χ3v) is 5.28. The zero-order valence-corrected chi connectivity index (χ0v) is 12.3. The second-order valence-corrected chi connectivity index (χ2v) is 6.95. The molecule has 1 aromatic carbocycles. The molecule has 0 bridgehead atoms. The molecule has 1 saturated heterocycles. The van der Waals surface area contributed by atoms with Crippen LogP contribution >= 0.6 is 0 Å². The SMILES string of the molecule is Cc1cccc(OCCN2CCCS2(=O)=O)c1C(F)(F)F. The first-order valence-corrected chi connectivity index (χ1v) is 8.10. The van der Waals surface area contributed by atoms with Crippen molar-refractivity contribution in [2.24, 2.45) is 0 Å². The summed E-state index contributed by atoms with van der Waals surface area (Å²) >= 11 is 0. The van der Waals surface area contributed by atoms with Crippen molar-refractivity contribution in [3.05, 3.63) is 29.3 Å². The summed E-state index contributed by atoms with van der Waals surface area (Å²) in [4.78, 5) is 0. The van der Waals surface area contributed by atoms with Gasteiger partial charge in [-0.25, -0.2) is 8.42 Å². The van der Waals surface area contributed by atoms with Crippen LogP contribution in [-0.4, -0.2) is 38.2 Å². The lowest BCUT2D eigenvalue weighted by atomic mass is 10.1. The van der Waals surface area contributed by atoms with Crippen molar-refractivity contribution in [2.75, 3.05) is 25.4 Å². The molecule has 1 aliphatic rings. The normalized spacial score (nSPS) is 18.9. The summed E-state index contributed by atoms with van der Waals surface area (Å²) in [6.45, 7) is 1.71. The first-order valence-electron chi connectivity index (χ1n) is 6.49. The third-order valence-electron chi connectivity index (χ3n) is 3.32. The summed E-state index contributed by atoms with van der Waals surface area (Å²) in [5, 5.41) is 0. The zero-order chi connectivity index (χ0) is 15.7. The second kappa shape index (κ2) is 5.84. The molecule has 21 heavy (non-hydrogen) atoms. The lowest BCUT2D eigenvalue weighted by Gasteiger charge is -2.18. The van der Waals surface area contributed by atoms with Gasteiger partial charge >= 0.3 is 6.18 Å². The highest BCUT2D eigenvalue weighted by Crippen LogP contribution is 2.38. The molecule has 1 aliphatic heterocycles. The largest absolute Gasteiger partial charge is 0.492 e. The maximum Gasteiger partial charge on any atom is 0.420 e. The highest BCUT2D eigenvalue weighted by Gasteiger charge is 2.36. The van der Waals surface area contributed by atoms with Crippen LogP contribution in [-0.2, 0) is 16.2 Å². The predicted octanol–water partition coefficient (Wildman–Crippen LogP) is 2.43. The molecule has 0 radical (unpaired) electrons. The number of nitrogens with zero attached hydrogens (tertiary/aromatic N) is 1. The van der Waals surface area contributed by atoms with E-state index in [0.29, 0.717) is 13.0 Å². The number of rotatable bonds is 4. The van der Waals surface area contributed by atoms with Gasteiger partial charge in [-0.15, -0.1) is 0 Å². The molecule has 0 aromatic heterocycles. The summed E-state index contributed by atoms with van der Waals surface area (Å²) in [5.74, 6) is -0.176. The molecular weight excluding hydrogens is 307 g/mol. The van der Waals surface area contributed by atoms with Crippen LogP contribution in [0, 0.1) is 6.92 Å². The van der Waals surface area contributed by atoms with Crippen LogP contribution in [0.25, 0.3) is 0 Å². The summed E-state index contributed by atoms with van der Waals surface area (Å²) < 4.78 is 68.5. The minimum Gasteiger partial charge on any atom is -0.492 e. The van der Waals surface area contributed by atoms with Gasteiger partial charge in [0.15, 0.2) is 0 Å². The predicted molar refractivity (Wildman–Crippen MR) is 71.7 cm³/mol. The van der Waals surface area contributed by atoms with Gasteiger partial charge in [0.05, 0.1) is 5.75 Å². The number of alkyl halides is 3. The van der Waals surface area contributed by atoms with E-state index < -0.39 is 21.8 Å². The van der Waals surface area contributed by atoms with E-state index in [1.54, 1.807) is 0 Å². The Morgan fingerprint density at radius 3 is 2.62 bits per heavy atom. The average Bonchev–Trinajstić information content (AvgIpc) is 2.67. The van der Waals surface area contributed by atoms with Crippen molar-refractivity contribution in [3.63, 3.8) is 0 Å². The van der Waals surface area contributed by atoms with Crippen LogP contribution in [0.5, 0.6) is 5.75 Å². The Morgan fingerprint density at radius 2 is 2.05 bits per heavy atom. The fraction of sp³-hybridized carbons (Fsp3) is 0.538. The number of aryl methyl sites for hydroxylation is 1. The molecule has 4 nitrogen and oxygen atoms in total. The van der Waals surface area contributed by atoms with E-state index in [0.717, 1.165) is 0 Å². The van der Waals surface area contributed by atoms with Gasteiger partial charge in [-0.2, -0.15) is 17.5 Å². The zero-order valence-electron chi connectivity index (χ0n) is 11.5. The molecule has 1 fully saturated rings. The van der Waals surface area contributed by atoms with Crippen LogP contribution in [0.15, 0.2) is 18.2 Å². The Balaban J connectivity index is 2.06. The Bertz CT molecular complexity index is 614. The van der Waals surface area contributed by atoms with Crippen LogP contribution < -0.4 is 4.74 Å². The fourth-order valence-corrected chi connectivity index (χ4v) is 3.84. The van der Waals surface area contributed by atoms with E-state index in [4.69, 9.17) is 4.74 Å². The van der Waals surface area contributed by atoms with Gasteiger partial charge in [0.2, 0.25) is 10.0 Å². The Hall–Kier alpha value is -1.28. The van der Waals surface area contributed by atoms with E-state index in [1.165, 1.54) is 29.4 Å². The van der Waals surface area contributed by atoms with Crippen LogP contribution in [0.2, 0.25) is 0 Å². The molecule has 2 rings (SSSR count). The molecule has 118 valence electrons. The number of halogens is 3. The number of hydrogen-bond donors (Lipinski definition) is 0. The minimum atomic E-state index is -4.50. The molecule has 0 saturated carbocycles. The van der Waals surface area contributed by atoms with Crippen molar-refractivity contribution in [1.82, 2.24) is 4.31 Å². The Labute approximate surface area is 121 Å². The van der Waals surface area contributed by atoms with E-state index in [1.807, 2.05) is 0 Å². The maximum atomic E-state index is 13.0. The first-order chi connectivity index (χ1) is 9.72. The summed E-state index contributed by atoms with van der Waals surface area (Å²) in [5.41, 5.74) is -0.733. The van der Waals surface area contributed by atoms with Gasteiger partial charge in [0.1, 0.15) is 17.9 Å². The van der Waals surface area contributed by atoms with Gasteiger partial charge < -0.3 is 4.74 Å². The number of ether oxygens (including phenoxy) is 1. The monoisotopic (exact) mass is 323 g/mol. The molecule has 1 heterocycles. The van der Waals surface area contributed by atoms with Gasteiger partial charge in [-0.3, -0.25) is 0 Å². The lowest BCUT2D eigenvalue weighted by molar-refractivity contribution is -0.139. The Morgan fingerprint density at radius 1 is 1.33 bits per heavy atom. The summed E-state index contributed by atoms with van der Waals surface area (Å²) in [6.07, 6.45) is -3.96. The van der Waals surface area contributed by atoms with Crippen LogP contribution in [0.3, 0.4) is 0 Å². The molecule has 0 spiro atoms. The molecule has 0 atom stereocenters. The second-order valence-electron chi connectivity index (χ2n) is 4.86. The molecule has 1 aromatic rings. The third kappa shape index (κ3) is 3.68. The summed E-state index contributed by atoms with van der Waals surface area (Å²) in [7, 11) is -3.26. The van der Waals surface area contributed by atoms with E-state index in [-0.39, 0.29) is 30.2 Å². The van der Waals surface area contributed by atoms with Crippen molar-refractivity contribution in [2.45, 2.75) is 19.5 Å². The standard InChI is InChI=1S/C13H16F3NO3S/c1-10-4-2-5-11(12(10)13(14,15)16)20-8-7-17-6-3-9-21(17,18)19/h2,4-5H,3,6-9H2,1H3. The number of sulfonamides is 1. The number of hydrogen-bond acceptors (Lipinski definition) is 3. The Kier molecular flexibility index (Phi) is 4.48. The van der Waals surface area contributed by atoms with Crippen molar-refractivity contribution < 1.29 is 26.3 Å². The van der Waals surface area contributed by atoms with Crippen LogP contribution in [0.1, 0.15) is 17.5 Å². The van der Waals surface area contributed by atoms with E-state index in [9.17, 15) is 21.6 Å². The molecule has 0 N–H and O–H groups in total. The topological polar surface area (TPSA) is 46.6 Å². The quantitative estimate of drug-likeness (QED) is 0.855. The first kappa shape index (κ1) is 16.1. The number of benzene rings is 1. The van der Waals surface area contributed by atoms with Gasteiger partial charge in [-0.1, -0.05) is 12.1 Å². The minimum absolute atomic E-state index is 0.0631. The maximum absolute atomic E-state index is 13.0. The van der Waals surface area contributed by atoms with Crippen molar-refractivity contribution >= 4 is 10.0 Å². The fourth-order valence-electron chi connectivity index (χ4n) is 2.32. The summed E-state index contributed by atoms with van der Waals surface area (Å²) in [6, 6.07) is 4.08. The average molecular weight is 323 g/mol.